The number of nitrogens with two attached hydrogens (primary N) is 1. The molecule has 15 heavy (non-hydrogen) atoms. The van der Waals surface area contributed by atoms with Gasteiger partial charge in [0.1, 0.15) is 5.82 Å². The minimum atomic E-state index is 0.375. The average molecular weight is 199 g/mol. The van der Waals surface area contributed by atoms with E-state index in [-0.39, 0.29) is 0 Å². The van der Waals surface area contributed by atoms with Crippen LogP contribution in [0.5, 0.6) is 0 Å². The van der Waals surface area contributed by atoms with Gasteiger partial charge in [0.05, 0.1) is 12.2 Å². The van der Waals surface area contributed by atoms with Gasteiger partial charge in [0.2, 0.25) is 0 Å². The van der Waals surface area contributed by atoms with Crippen molar-refractivity contribution in [1.29, 1.82) is 0 Å². The Kier molecular flexibility index (Phi) is 2.74. The van der Waals surface area contributed by atoms with Crippen molar-refractivity contribution >= 4 is 0 Å². The Bertz CT molecular complexity index is 466. The molecular weight excluding hydrogens is 186 g/mol. The van der Waals surface area contributed by atoms with Crippen LogP contribution in [0.3, 0.4) is 0 Å². The van der Waals surface area contributed by atoms with E-state index >= 15 is 0 Å². The fourth-order valence-electron chi connectivity index (χ4n) is 1.51. The lowest BCUT2D eigenvalue weighted by molar-refractivity contribution is 0.911. The van der Waals surface area contributed by atoms with E-state index in [0.717, 1.165) is 11.3 Å². The van der Waals surface area contributed by atoms with Crippen molar-refractivity contribution in [1.82, 2.24) is 9.97 Å². The number of benzene rings is 1. The van der Waals surface area contributed by atoms with E-state index in [1.807, 2.05) is 18.2 Å². The van der Waals surface area contributed by atoms with Crippen molar-refractivity contribution in [3.63, 3.8) is 0 Å². The van der Waals surface area contributed by atoms with Crippen molar-refractivity contribution < 1.29 is 0 Å². The third-order valence-electron chi connectivity index (χ3n) is 2.31. The quantitative estimate of drug-likeness (QED) is 0.803. The normalized spacial score (nSPS) is 10.3. The van der Waals surface area contributed by atoms with Crippen LogP contribution in [0.4, 0.5) is 0 Å². The number of nitrogens with zero attached hydrogens (tertiary/aromatic N) is 2. The van der Waals surface area contributed by atoms with E-state index in [4.69, 9.17) is 5.73 Å². The second-order valence-corrected chi connectivity index (χ2v) is 3.38. The first kappa shape index (κ1) is 9.80. The fourth-order valence-corrected chi connectivity index (χ4v) is 1.51. The molecular formula is C12H13N3. The summed E-state index contributed by atoms with van der Waals surface area (Å²) in [6, 6.07) is 10.1. The van der Waals surface area contributed by atoms with Crippen molar-refractivity contribution in [2.75, 3.05) is 0 Å². The van der Waals surface area contributed by atoms with Crippen molar-refractivity contribution in [3.8, 4) is 11.3 Å². The molecule has 0 fully saturated rings. The summed E-state index contributed by atoms with van der Waals surface area (Å²) in [5.74, 6) is 0.677. The van der Waals surface area contributed by atoms with Crippen LogP contribution in [-0.4, -0.2) is 9.97 Å². The lowest BCUT2D eigenvalue weighted by Gasteiger charge is -2.05. The molecule has 0 atom stereocenters. The molecule has 76 valence electrons. The Balaban J connectivity index is 2.49. The topological polar surface area (TPSA) is 51.8 Å². The highest BCUT2D eigenvalue weighted by Crippen LogP contribution is 2.20. The first-order valence-corrected chi connectivity index (χ1v) is 4.89. The summed E-state index contributed by atoms with van der Waals surface area (Å²) in [6.07, 6.45) is 1.75. The lowest BCUT2D eigenvalue weighted by atomic mass is 10.1. The Morgan fingerprint density at radius 2 is 2.00 bits per heavy atom. The van der Waals surface area contributed by atoms with Gasteiger partial charge in [-0.25, -0.2) is 9.97 Å². The molecule has 0 aliphatic carbocycles. The molecule has 3 heteroatoms. The van der Waals surface area contributed by atoms with Crippen LogP contribution in [0.1, 0.15) is 11.4 Å². The molecule has 2 N–H and O–H groups in total. The molecule has 3 nitrogen and oxygen atoms in total. The van der Waals surface area contributed by atoms with Crippen molar-refractivity contribution in [2.24, 2.45) is 5.73 Å². The van der Waals surface area contributed by atoms with Gasteiger partial charge in [0.15, 0.2) is 0 Å². The van der Waals surface area contributed by atoms with Gasteiger partial charge in [-0.3, -0.25) is 0 Å². The summed E-state index contributed by atoms with van der Waals surface area (Å²) in [4.78, 5) is 8.46. The number of aromatic nitrogens is 2. The molecule has 0 saturated carbocycles. The maximum atomic E-state index is 5.51. The average Bonchev–Trinajstić information content (AvgIpc) is 2.30. The maximum Gasteiger partial charge on any atom is 0.142 e. The summed E-state index contributed by atoms with van der Waals surface area (Å²) >= 11 is 0. The van der Waals surface area contributed by atoms with Crippen molar-refractivity contribution in [3.05, 3.63) is 47.9 Å². The zero-order chi connectivity index (χ0) is 10.7. The highest BCUT2D eigenvalue weighted by atomic mass is 14.9. The maximum absolute atomic E-state index is 5.51. The smallest absolute Gasteiger partial charge is 0.142 e. The molecule has 0 saturated heterocycles. The third kappa shape index (κ3) is 2.02. The summed E-state index contributed by atoms with van der Waals surface area (Å²) in [5.41, 5.74) is 8.79. The van der Waals surface area contributed by atoms with Gasteiger partial charge in [-0.2, -0.15) is 0 Å². The van der Waals surface area contributed by atoms with Crippen LogP contribution in [0.25, 0.3) is 11.3 Å². The van der Waals surface area contributed by atoms with Crippen LogP contribution in [0.15, 0.2) is 36.5 Å². The summed E-state index contributed by atoms with van der Waals surface area (Å²) in [7, 11) is 0. The summed E-state index contributed by atoms with van der Waals surface area (Å²) < 4.78 is 0. The van der Waals surface area contributed by atoms with E-state index in [9.17, 15) is 0 Å². The molecule has 0 bridgehead atoms. The molecule has 0 aliphatic heterocycles. The highest BCUT2D eigenvalue weighted by molar-refractivity contribution is 5.62. The van der Waals surface area contributed by atoms with Gasteiger partial charge in [-0.1, -0.05) is 24.3 Å². The van der Waals surface area contributed by atoms with Crippen LogP contribution < -0.4 is 5.73 Å². The van der Waals surface area contributed by atoms with E-state index in [2.05, 4.69) is 29.0 Å². The number of rotatable bonds is 2. The molecule has 2 aromatic rings. The number of hydrogen-bond donors (Lipinski definition) is 1. The van der Waals surface area contributed by atoms with Crippen LogP contribution in [0, 0.1) is 6.92 Å². The third-order valence-corrected chi connectivity index (χ3v) is 2.31. The van der Waals surface area contributed by atoms with Gasteiger partial charge < -0.3 is 5.73 Å². The zero-order valence-electron chi connectivity index (χ0n) is 8.64. The molecule has 0 spiro atoms. The van der Waals surface area contributed by atoms with Crippen LogP contribution in [-0.2, 0) is 6.54 Å². The molecule has 0 aliphatic rings. The number of aryl methyl sites for hydroxylation is 1. The van der Waals surface area contributed by atoms with Gasteiger partial charge >= 0.3 is 0 Å². The predicted molar refractivity (Wildman–Crippen MR) is 60.1 cm³/mol. The molecule has 0 amide bonds. The largest absolute Gasteiger partial charge is 0.324 e. The van der Waals surface area contributed by atoms with Gasteiger partial charge in [-0.15, -0.1) is 0 Å². The van der Waals surface area contributed by atoms with Gasteiger partial charge in [0.25, 0.3) is 0 Å². The Labute approximate surface area is 89.0 Å². The Morgan fingerprint density at radius 3 is 2.73 bits per heavy atom. The standard InChI is InChI=1S/C12H13N3/c1-9-4-2-3-5-10(9)11-6-7-14-12(8-13)15-11/h2-7H,8,13H2,1H3. The molecule has 2 rings (SSSR count). The van der Waals surface area contributed by atoms with Crippen LogP contribution in [0.2, 0.25) is 0 Å². The van der Waals surface area contributed by atoms with Crippen molar-refractivity contribution in [2.45, 2.75) is 13.5 Å². The van der Waals surface area contributed by atoms with Gasteiger partial charge in [0, 0.05) is 11.8 Å². The second-order valence-electron chi connectivity index (χ2n) is 3.38. The monoisotopic (exact) mass is 199 g/mol. The predicted octanol–water partition coefficient (Wildman–Crippen LogP) is 1.91. The highest BCUT2D eigenvalue weighted by Gasteiger charge is 2.03. The van der Waals surface area contributed by atoms with E-state index in [0.29, 0.717) is 12.4 Å². The minimum absolute atomic E-state index is 0.375. The molecule has 0 unspecified atom stereocenters. The lowest BCUT2D eigenvalue weighted by Crippen LogP contribution is -2.03. The summed E-state index contributed by atoms with van der Waals surface area (Å²) in [6.45, 7) is 2.44. The van der Waals surface area contributed by atoms with E-state index < -0.39 is 0 Å². The second kappa shape index (κ2) is 4.19. The first-order valence-electron chi connectivity index (χ1n) is 4.89. The van der Waals surface area contributed by atoms with E-state index in [1.165, 1.54) is 5.56 Å². The number of hydrogen-bond acceptors (Lipinski definition) is 3. The molecule has 0 radical (unpaired) electrons. The SMILES string of the molecule is Cc1ccccc1-c1ccnc(CN)n1. The van der Waals surface area contributed by atoms with Gasteiger partial charge in [-0.05, 0) is 18.6 Å². The minimum Gasteiger partial charge on any atom is -0.324 e. The Hall–Kier alpha value is -1.74. The fraction of sp³-hybridized carbons (Fsp3) is 0.167. The summed E-state index contributed by atoms with van der Waals surface area (Å²) in [5, 5.41) is 0. The zero-order valence-corrected chi connectivity index (χ0v) is 8.64. The molecule has 1 aromatic heterocycles. The van der Waals surface area contributed by atoms with E-state index in [1.54, 1.807) is 6.20 Å². The Morgan fingerprint density at radius 1 is 1.20 bits per heavy atom. The molecule has 1 aromatic carbocycles. The first-order chi connectivity index (χ1) is 7.31. The molecule has 1 heterocycles. The van der Waals surface area contributed by atoms with Crippen LogP contribution >= 0.6 is 0 Å².